The van der Waals surface area contributed by atoms with Crippen LogP contribution < -0.4 is 16.8 Å². The molecule has 0 saturated carbocycles. The van der Waals surface area contributed by atoms with Crippen molar-refractivity contribution in [1.29, 1.82) is 0 Å². The molecule has 1 aliphatic carbocycles. The summed E-state index contributed by atoms with van der Waals surface area (Å²) in [6, 6.07) is 0. The average Bonchev–Trinajstić information content (AvgIpc) is 2.08. The lowest BCUT2D eigenvalue weighted by Crippen LogP contribution is -2.41. The molecular formula is C10H21N3. The summed E-state index contributed by atoms with van der Waals surface area (Å²) in [5.41, 5.74) is 14.2. The van der Waals surface area contributed by atoms with Crippen molar-refractivity contribution in [2.75, 3.05) is 6.54 Å². The molecule has 0 radical (unpaired) electrons. The Hall–Kier alpha value is -0.540. The van der Waals surface area contributed by atoms with Crippen LogP contribution in [-0.2, 0) is 0 Å². The van der Waals surface area contributed by atoms with Crippen LogP contribution in [0, 0.1) is 5.92 Å². The normalized spacial score (nSPS) is 23.9. The van der Waals surface area contributed by atoms with Crippen molar-refractivity contribution in [3.63, 3.8) is 0 Å². The Balaban J connectivity index is 2.59. The van der Waals surface area contributed by atoms with Gasteiger partial charge in [-0.25, -0.2) is 0 Å². The molecule has 0 saturated heterocycles. The van der Waals surface area contributed by atoms with Gasteiger partial charge in [-0.05, 0) is 39.0 Å². The summed E-state index contributed by atoms with van der Waals surface area (Å²) in [5, 5.41) is 3.39. The van der Waals surface area contributed by atoms with E-state index in [0.29, 0.717) is 5.92 Å². The average molecular weight is 183 g/mol. The van der Waals surface area contributed by atoms with Gasteiger partial charge in [-0.3, -0.25) is 0 Å². The Morgan fingerprint density at radius 2 is 2.23 bits per heavy atom. The van der Waals surface area contributed by atoms with E-state index in [1.165, 1.54) is 11.3 Å². The quantitative estimate of drug-likeness (QED) is 0.570. The predicted molar refractivity (Wildman–Crippen MR) is 55.9 cm³/mol. The third-order valence-corrected chi connectivity index (χ3v) is 2.81. The van der Waals surface area contributed by atoms with Crippen LogP contribution in [0.3, 0.4) is 0 Å². The van der Waals surface area contributed by atoms with E-state index < -0.39 is 0 Å². The van der Waals surface area contributed by atoms with Crippen molar-refractivity contribution in [2.45, 2.75) is 39.3 Å². The maximum atomic E-state index is 5.70. The van der Waals surface area contributed by atoms with Crippen molar-refractivity contribution in [3.8, 4) is 0 Å². The molecule has 0 amide bonds. The molecule has 0 heterocycles. The first-order valence-electron chi connectivity index (χ1n) is 5.08. The SMILES string of the molecule is CCNC1=C(C)CCC(C(N)N)C1. The second-order valence-corrected chi connectivity index (χ2v) is 3.87. The Bertz CT molecular complexity index is 196. The maximum Gasteiger partial charge on any atom is 0.0553 e. The van der Waals surface area contributed by atoms with Gasteiger partial charge in [-0.15, -0.1) is 0 Å². The number of allylic oxidation sites excluding steroid dienone is 2. The topological polar surface area (TPSA) is 64.1 Å². The summed E-state index contributed by atoms with van der Waals surface area (Å²) in [7, 11) is 0. The molecule has 0 bridgehead atoms. The predicted octanol–water partition coefficient (Wildman–Crippen LogP) is 0.914. The number of rotatable bonds is 3. The van der Waals surface area contributed by atoms with Crippen molar-refractivity contribution >= 4 is 0 Å². The third-order valence-electron chi connectivity index (χ3n) is 2.81. The summed E-state index contributed by atoms with van der Waals surface area (Å²) >= 11 is 0. The van der Waals surface area contributed by atoms with E-state index in [4.69, 9.17) is 11.5 Å². The highest BCUT2D eigenvalue weighted by Crippen LogP contribution is 2.28. The molecule has 0 spiro atoms. The molecule has 0 aromatic rings. The van der Waals surface area contributed by atoms with Crippen LogP contribution >= 0.6 is 0 Å². The summed E-state index contributed by atoms with van der Waals surface area (Å²) in [6.07, 6.45) is 3.13. The monoisotopic (exact) mass is 183 g/mol. The molecule has 1 atom stereocenters. The van der Waals surface area contributed by atoms with Crippen LogP contribution in [0.4, 0.5) is 0 Å². The Kier molecular flexibility index (Phi) is 3.75. The Morgan fingerprint density at radius 1 is 1.54 bits per heavy atom. The van der Waals surface area contributed by atoms with E-state index in [9.17, 15) is 0 Å². The molecule has 0 aromatic carbocycles. The maximum absolute atomic E-state index is 5.70. The lowest BCUT2D eigenvalue weighted by molar-refractivity contribution is 0.370. The Labute approximate surface area is 80.6 Å². The van der Waals surface area contributed by atoms with Crippen LogP contribution in [-0.4, -0.2) is 12.7 Å². The van der Waals surface area contributed by atoms with Gasteiger partial charge in [0, 0.05) is 12.2 Å². The van der Waals surface area contributed by atoms with E-state index in [2.05, 4.69) is 19.2 Å². The summed E-state index contributed by atoms with van der Waals surface area (Å²) < 4.78 is 0. The minimum atomic E-state index is -0.165. The third kappa shape index (κ3) is 2.71. The molecule has 5 N–H and O–H groups in total. The zero-order chi connectivity index (χ0) is 9.84. The van der Waals surface area contributed by atoms with Gasteiger partial charge >= 0.3 is 0 Å². The molecule has 1 aliphatic rings. The Morgan fingerprint density at radius 3 is 2.77 bits per heavy atom. The molecule has 1 unspecified atom stereocenters. The standard InChI is InChI=1S/C10H21N3/c1-3-13-9-6-8(10(11)12)5-4-7(9)2/h8,10,13H,3-6,11-12H2,1-2H3. The summed E-state index contributed by atoms with van der Waals surface area (Å²) in [4.78, 5) is 0. The highest BCUT2D eigenvalue weighted by molar-refractivity contribution is 5.14. The van der Waals surface area contributed by atoms with Crippen LogP contribution in [0.25, 0.3) is 0 Å². The number of nitrogens with two attached hydrogens (primary N) is 2. The van der Waals surface area contributed by atoms with Crippen molar-refractivity contribution in [2.24, 2.45) is 17.4 Å². The smallest absolute Gasteiger partial charge is 0.0553 e. The van der Waals surface area contributed by atoms with E-state index in [-0.39, 0.29) is 6.17 Å². The minimum Gasteiger partial charge on any atom is -0.389 e. The molecule has 3 nitrogen and oxygen atoms in total. The lowest BCUT2D eigenvalue weighted by Gasteiger charge is -2.28. The van der Waals surface area contributed by atoms with Crippen LogP contribution in [0.5, 0.6) is 0 Å². The first kappa shape index (κ1) is 10.5. The second-order valence-electron chi connectivity index (χ2n) is 3.87. The highest BCUT2D eigenvalue weighted by atomic mass is 14.9. The van der Waals surface area contributed by atoms with E-state index in [0.717, 1.165) is 25.8 Å². The zero-order valence-electron chi connectivity index (χ0n) is 8.64. The van der Waals surface area contributed by atoms with E-state index in [1.54, 1.807) is 0 Å². The molecule has 0 aliphatic heterocycles. The fourth-order valence-electron chi connectivity index (χ4n) is 1.86. The number of hydrogen-bond acceptors (Lipinski definition) is 3. The molecule has 3 heteroatoms. The first-order valence-corrected chi connectivity index (χ1v) is 5.08. The van der Waals surface area contributed by atoms with Crippen LogP contribution in [0.15, 0.2) is 11.3 Å². The number of hydrogen-bond donors (Lipinski definition) is 3. The molecule has 0 fully saturated rings. The van der Waals surface area contributed by atoms with Gasteiger partial charge in [0.1, 0.15) is 0 Å². The van der Waals surface area contributed by atoms with Gasteiger partial charge in [0.2, 0.25) is 0 Å². The van der Waals surface area contributed by atoms with Gasteiger partial charge in [0.05, 0.1) is 6.17 Å². The molecule has 13 heavy (non-hydrogen) atoms. The van der Waals surface area contributed by atoms with Crippen molar-refractivity contribution in [3.05, 3.63) is 11.3 Å². The van der Waals surface area contributed by atoms with Gasteiger partial charge in [0.15, 0.2) is 0 Å². The molecule has 76 valence electrons. The largest absolute Gasteiger partial charge is 0.389 e. The van der Waals surface area contributed by atoms with Gasteiger partial charge in [0.25, 0.3) is 0 Å². The minimum absolute atomic E-state index is 0.165. The fourth-order valence-corrected chi connectivity index (χ4v) is 1.86. The van der Waals surface area contributed by atoms with E-state index in [1.807, 2.05) is 0 Å². The highest BCUT2D eigenvalue weighted by Gasteiger charge is 2.21. The summed E-state index contributed by atoms with van der Waals surface area (Å²) in [6.45, 7) is 5.29. The second kappa shape index (κ2) is 4.63. The summed E-state index contributed by atoms with van der Waals surface area (Å²) in [5.74, 6) is 0.456. The zero-order valence-corrected chi connectivity index (χ0v) is 8.64. The van der Waals surface area contributed by atoms with Crippen molar-refractivity contribution < 1.29 is 0 Å². The van der Waals surface area contributed by atoms with Crippen LogP contribution in [0.2, 0.25) is 0 Å². The van der Waals surface area contributed by atoms with Crippen molar-refractivity contribution in [1.82, 2.24) is 5.32 Å². The van der Waals surface area contributed by atoms with Crippen LogP contribution in [0.1, 0.15) is 33.1 Å². The first-order chi connectivity index (χ1) is 6.15. The number of nitrogens with one attached hydrogen (secondary N) is 1. The molecule has 0 aromatic heterocycles. The fraction of sp³-hybridized carbons (Fsp3) is 0.800. The van der Waals surface area contributed by atoms with Gasteiger partial charge in [-0.1, -0.05) is 5.57 Å². The van der Waals surface area contributed by atoms with E-state index >= 15 is 0 Å². The van der Waals surface area contributed by atoms with Gasteiger partial charge < -0.3 is 16.8 Å². The van der Waals surface area contributed by atoms with Gasteiger partial charge in [-0.2, -0.15) is 0 Å². The molecule has 1 rings (SSSR count). The lowest BCUT2D eigenvalue weighted by atomic mass is 9.86. The molecular weight excluding hydrogens is 162 g/mol.